The van der Waals surface area contributed by atoms with Crippen LogP contribution in [0.4, 0.5) is 0 Å². The summed E-state index contributed by atoms with van der Waals surface area (Å²) in [7, 11) is 0. The van der Waals surface area contributed by atoms with Crippen LogP contribution < -0.4 is 16.8 Å². The number of hydrogen-bond donors (Lipinski definition) is 4. The summed E-state index contributed by atoms with van der Waals surface area (Å²) in [6.07, 6.45) is 3.00. The van der Waals surface area contributed by atoms with E-state index in [0.717, 1.165) is 19.3 Å². The number of amides is 2. The van der Waals surface area contributed by atoms with Gasteiger partial charge < -0.3 is 21.9 Å². The van der Waals surface area contributed by atoms with Crippen LogP contribution in [0.2, 0.25) is 0 Å². The van der Waals surface area contributed by atoms with E-state index in [0.29, 0.717) is 18.8 Å². The van der Waals surface area contributed by atoms with Gasteiger partial charge in [0.15, 0.2) is 0 Å². The third-order valence-electron chi connectivity index (χ3n) is 4.07. The SMILES string of the molecule is CCC1CCC(NC(=O)C(N)CC(N)=O)(C(=O)O)CC1. The average Bonchev–Trinajstić information content (AvgIpc) is 2.38. The molecule has 0 aromatic rings. The fourth-order valence-corrected chi connectivity index (χ4v) is 2.61. The first-order valence-corrected chi connectivity index (χ1v) is 6.90. The molecule has 6 N–H and O–H groups in total. The zero-order chi connectivity index (χ0) is 15.3. The number of primary amides is 1. The molecule has 0 heterocycles. The summed E-state index contributed by atoms with van der Waals surface area (Å²) in [5.41, 5.74) is 9.25. The van der Waals surface area contributed by atoms with Crippen molar-refractivity contribution in [2.75, 3.05) is 0 Å². The molecule has 1 saturated carbocycles. The zero-order valence-corrected chi connectivity index (χ0v) is 11.7. The number of hydrogen-bond acceptors (Lipinski definition) is 4. The minimum Gasteiger partial charge on any atom is -0.480 e. The second-order valence-electron chi connectivity index (χ2n) is 5.51. The highest BCUT2D eigenvalue weighted by Gasteiger charge is 2.43. The molecule has 7 heteroatoms. The molecule has 0 aliphatic heterocycles. The Morgan fingerprint density at radius 2 is 1.90 bits per heavy atom. The van der Waals surface area contributed by atoms with Crippen molar-refractivity contribution in [1.29, 1.82) is 0 Å². The molecule has 2 amide bonds. The third kappa shape index (κ3) is 3.93. The lowest BCUT2D eigenvalue weighted by molar-refractivity contribution is -0.150. The highest BCUT2D eigenvalue weighted by atomic mass is 16.4. The maximum absolute atomic E-state index is 11.9. The van der Waals surface area contributed by atoms with E-state index in [2.05, 4.69) is 12.2 Å². The lowest BCUT2D eigenvalue weighted by Gasteiger charge is -2.37. The summed E-state index contributed by atoms with van der Waals surface area (Å²) in [6, 6.07) is -1.10. The molecule has 1 atom stereocenters. The van der Waals surface area contributed by atoms with Crippen LogP contribution in [0.15, 0.2) is 0 Å². The maximum Gasteiger partial charge on any atom is 0.329 e. The normalized spacial score (nSPS) is 27.6. The van der Waals surface area contributed by atoms with E-state index in [1.165, 1.54) is 0 Å². The van der Waals surface area contributed by atoms with Gasteiger partial charge in [0, 0.05) is 0 Å². The Kier molecular flexibility index (Phi) is 5.50. The van der Waals surface area contributed by atoms with Gasteiger partial charge in [0.2, 0.25) is 11.8 Å². The van der Waals surface area contributed by atoms with E-state index in [1.54, 1.807) is 0 Å². The first kappa shape index (κ1) is 16.4. The van der Waals surface area contributed by atoms with Crippen LogP contribution in [0, 0.1) is 5.92 Å². The summed E-state index contributed by atoms with van der Waals surface area (Å²) >= 11 is 0. The molecule has 0 bridgehead atoms. The van der Waals surface area contributed by atoms with Gasteiger partial charge in [-0.3, -0.25) is 9.59 Å². The van der Waals surface area contributed by atoms with Gasteiger partial charge in [-0.25, -0.2) is 4.79 Å². The van der Waals surface area contributed by atoms with Gasteiger partial charge in [-0.05, 0) is 31.6 Å². The fraction of sp³-hybridized carbons (Fsp3) is 0.769. The van der Waals surface area contributed by atoms with Gasteiger partial charge >= 0.3 is 5.97 Å². The number of carboxylic acids is 1. The first-order chi connectivity index (χ1) is 9.30. The Hall–Kier alpha value is -1.63. The van der Waals surface area contributed by atoms with Crippen LogP contribution in [-0.4, -0.2) is 34.5 Å². The molecule has 0 spiro atoms. The van der Waals surface area contributed by atoms with Crippen LogP contribution in [-0.2, 0) is 14.4 Å². The largest absolute Gasteiger partial charge is 0.480 e. The predicted molar refractivity (Wildman–Crippen MR) is 72.5 cm³/mol. The van der Waals surface area contributed by atoms with E-state index in [1.807, 2.05) is 0 Å². The van der Waals surface area contributed by atoms with Crippen molar-refractivity contribution in [2.45, 2.75) is 57.0 Å². The molecule has 1 unspecified atom stereocenters. The summed E-state index contributed by atoms with van der Waals surface area (Å²) < 4.78 is 0. The van der Waals surface area contributed by atoms with E-state index in [4.69, 9.17) is 11.5 Å². The monoisotopic (exact) mass is 285 g/mol. The van der Waals surface area contributed by atoms with Crippen molar-refractivity contribution in [3.8, 4) is 0 Å². The van der Waals surface area contributed by atoms with Crippen LogP contribution >= 0.6 is 0 Å². The number of rotatable bonds is 6. The van der Waals surface area contributed by atoms with E-state index in [9.17, 15) is 19.5 Å². The van der Waals surface area contributed by atoms with Crippen LogP contribution in [0.5, 0.6) is 0 Å². The lowest BCUT2D eigenvalue weighted by atomic mass is 9.75. The number of aliphatic carboxylic acids is 1. The van der Waals surface area contributed by atoms with Gasteiger partial charge in [-0.1, -0.05) is 13.3 Å². The quantitative estimate of drug-likeness (QED) is 0.532. The molecule has 0 aromatic carbocycles. The van der Waals surface area contributed by atoms with E-state index < -0.39 is 29.4 Å². The molecule has 0 radical (unpaired) electrons. The molecule has 114 valence electrons. The zero-order valence-electron chi connectivity index (χ0n) is 11.7. The molecule has 1 fully saturated rings. The molecule has 7 nitrogen and oxygen atoms in total. The summed E-state index contributed by atoms with van der Waals surface area (Å²) in [6.45, 7) is 2.07. The Balaban J connectivity index is 2.71. The summed E-state index contributed by atoms with van der Waals surface area (Å²) in [5.74, 6) is -1.88. The Morgan fingerprint density at radius 3 is 2.30 bits per heavy atom. The van der Waals surface area contributed by atoms with Crippen molar-refractivity contribution < 1.29 is 19.5 Å². The first-order valence-electron chi connectivity index (χ1n) is 6.90. The van der Waals surface area contributed by atoms with E-state index >= 15 is 0 Å². The number of nitrogens with one attached hydrogen (secondary N) is 1. The Bertz CT molecular complexity index is 389. The second kappa shape index (κ2) is 6.69. The van der Waals surface area contributed by atoms with Gasteiger partial charge in [-0.2, -0.15) is 0 Å². The van der Waals surface area contributed by atoms with Crippen molar-refractivity contribution >= 4 is 17.8 Å². The van der Waals surface area contributed by atoms with Gasteiger partial charge in [-0.15, -0.1) is 0 Å². The van der Waals surface area contributed by atoms with Crippen molar-refractivity contribution in [3.05, 3.63) is 0 Å². The van der Waals surface area contributed by atoms with Crippen molar-refractivity contribution in [2.24, 2.45) is 17.4 Å². The predicted octanol–water partition coefficient (Wildman–Crippen LogP) is -0.271. The molecule has 1 aliphatic carbocycles. The van der Waals surface area contributed by atoms with Gasteiger partial charge in [0.05, 0.1) is 12.5 Å². The van der Waals surface area contributed by atoms with Crippen molar-refractivity contribution in [1.82, 2.24) is 5.32 Å². The van der Waals surface area contributed by atoms with Crippen LogP contribution in [0.25, 0.3) is 0 Å². The third-order valence-corrected chi connectivity index (χ3v) is 4.07. The summed E-state index contributed by atoms with van der Waals surface area (Å²) in [4.78, 5) is 34.2. The highest BCUT2D eigenvalue weighted by molar-refractivity contribution is 5.92. The second-order valence-corrected chi connectivity index (χ2v) is 5.51. The van der Waals surface area contributed by atoms with Gasteiger partial charge in [0.1, 0.15) is 5.54 Å². The molecule has 1 rings (SSSR count). The summed E-state index contributed by atoms with van der Waals surface area (Å²) in [5, 5.41) is 11.9. The van der Waals surface area contributed by atoms with E-state index in [-0.39, 0.29) is 6.42 Å². The molecule has 0 saturated heterocycles. The topological polar surface area (TPSA) is 136 Å². The fourth-order valence-electron chi connectivity index (χ4n) is 2.61. The number of carbonyl (C=O) groups is 3. The highest BCUT2D eigenvalue weighted by Crippen LogP contribution is 2.34. The van der Waals surface area contributed by atoms with Gasteiger partial charge in [0.25, 0.3) is 0 Å². The standard InChI is InChI=1S/C13H23N3O4/c1-2-8-3-5-13(6-4-8,12(19)20)16-11(18)9(14)7-10(15)17/h8-9H,2-7,14H2,1H3,(H2,15,17)(H,16,18)(H,19,20). The molecular weight excluding hydrogens is 262 g/mol. The lowest BCUT2D eigenvalue weighted by Crippen LogP contribution is -2.59. The molecule has 20 heavy (non-hydrogen) atoms. The molecular formula is C13H23N3O4. The Labute approximate surface area is 118 Å². The minimum atomic E-state index is -1.27. The number of nitrogens with two attached hydrogens (primary N) is 2. The number of carbonyl (C=O) groups excluding carboxylic acids is 2. The average molecular weight is 285 g/mol. The molecule has 0 aromatic heterocycles. The molecule has 1 aliphatic rings. The van der Waals surface area contributed by atoms with Crippen LogP contribution in [0.1, 0.15) is 45.4 Å². The smallest absolute Gasteiger partial charge is 0.329 e. The van der Waals surface area contributed by atoms with Crippen molar-refractivity contribution in [3.63, 3.8) is 0 Å². The van der Waals surface area contributed by atoms with Crippen LogP contribution in [0.3, 0.4) is 0 Å². The number of carboxylic acid groups (broad SMARTS) is 1. The Morgan fingerprint density at radius 1 is 1.35 bits per heavy atom. The minimum absolute atomic E-state index is 0.293. The maximum atomic E-state index is 11.9.